The molecule has 0 aliphatic heterocycles. The molecular formula is C12H11ClF2N2O2. The zero-order chi connectivity index (χ0) is 14.3. The topological polar surface area (TPSA) is 62.1 Å². The number of hydrogen-bond donors (Lipinski definition) is 1. The third-order valence-electron chi connectivity index (χ3n) is 2.09. The predicted molar refractivity (Wildman–Crippen MR) is 66.2 cm³/mol. The molecule has 4 nitrogen and oxygen atoms in total. The molecule has 0 fully saturated rings. The molecule has 0 saturated heterocycles. The van der Waals surface area contributed by atoms with E-state index in [1.807, 2.05) is 6.07 Å². The molecule has 0 unspecified atom stereocenters. The smallest absolute Gasteiger partial charge is 0.261 e. The number of nitrogens with zero attached hydrogens (tertiary/aromatic N) is 1. The fourth-order valence-electron chi connectivity index (χ4n) is 1.27. The number of nitriles is 1. The Balaban J connectivity index is 2.48. The molecule has 0 radical (unpaired) electrons. The minimum absolute atomic E-state index is 0.0793. The lowest BCUT2D eigenvalue weighted by Gasteiger charge is -2.08. The van der Waals surface area contributed by atoms with E-state index >= 15 is 0 Å². The summed E-state index contributed by atoms with van der Waals surface area (Å²) in [6, 6.07) is 6.36. The van der Waals surface area contributed by atoms with Gasteiger partial charge in [0.25, 0.3) is 6.43 Å². The molecule has 19 heavy (non-hydrogen) atoms. The van der Waals surface area contributed by atoms with Gasteiger partial charge in [-0.05, 0) is 18.2 Å². The maximum Gasteiger partial charge on any atom is 0.261 e. The van der Waals surface area contributed by atoms with E-state index in [9.17, 15) is 13.6 Å². The van der Waals surface area contributed by atoms with Crippen molar-refractivity contribution in [2.75, 3.05) is 18.5 Å². The standard InChI is InChI=1S/C12H11ClF2N2O2/c13-9-2-1-8(6-16)10(5-9)17-12(18)3-4-19-7-11(14)15/h1-2,5,11H,3-4,7H2,(H,17,18). The third kappa shape index (κ3) is 5.64. The average Bonchev–Trinajstić information content (AvgIpc) is 2.35. The first-order valence-electron chi connectivity index (χ1n) is 5.38. The summed E-state index contributed by atoms with van der Waals surface area (Å²) in [4.78, 5) is 11.5. The highest BCUT2D eigenvalue weighted by atomic mass is 35.5. The van der Waals surface area contributed by atoms with Crippen LogP contribution in [0.4, 0.5) is 14.5 Å². The molecule has 1 aromatic rings. The maximum absolute atomic E-state index is 11.8. The van der Waals surface area contributed by atoms with Crippen LogP contribution in [0.1, 0.15) is 12.0 Å². The number of benzene rings is 1. The minimum atomic E-state index is -2.55. The van der Waals surface area contributed by atoms with Gasteiger partial charge in [-0.25, -0.2) is 8.78 Å². The molecule has 1 N–H and O–H groups in total. The van der Waals surface area contributed by atoms with Crippen LogP contribution >= 0.6 is 11.6 Å². The molecule has 1 rings (SSSR count). The summed E-state index contributed by atoms with van der Waals surface area (Å²) in [5.74, 6) is -0.437. The molecule has 0 atom stereocenters. The number of nitrogens with one attached hydrogen (secondary N) is 1. The summed E-state index contributed by atoms with van der Waals surface area (Å²) < 4.78 is 28.1. The van der Waals surface area contributed by atoms with Crippen molar-refractivity contribution in [3.8, 4) is 6.07 Å². The Bertz CT molecular complexity index is 489. The fraction of sp³-hybridized carbons (Fsp3) is 0.333. The summed E-state index contributed by atoms with van der Waals surface area (Å²) in [5, 5.41) is 11.7. The number of ether oxygens (including phenoxy) is 1. The largest absolute Gasteiger partial charge is 0.375 e. The van der Waals surface area contributed by atoms with Crippen LogP contribution in [0.5, 0.6) is 0 Å². The first-order chi connectivity index (χ1) is 9.02. The van der Waals surface area contributed by atoms with Crippen molar-refractivity contribution in [2.24, 2.45) is 0 Å². The molecule has 0 bridgehead atoms. The van der Waals surface area contributed by atoms with Crippen molar-refractivity contribution in [3.05, 3.63) is 28.8 Å². The van der Waals surface area contributed by atoms with Gasteiger partial charge in [-0.1, -0.05) is 11.6 Å². The Morgan fingerprint density at radius 1 is 1.53 bits per heavy atom. The molecule has 7 heteroatoms. The Morgan fingerprint density at radius 2 is 2.26 bits per heavy atom. The molecule has 0 aliphatic rings. The number of carbonyl (C=O) groups excluding carboxylic acids is 1. The lowest BCUT2D eigenvalue weighted by atomic mass is 10.2. The number of alkyl halides is 2. The van der Waals surface area contributed by atoms with Gasteiger partial charge in [0.2, 0.25) is 5.91 Å². The highest BCUT2D eigenvalue weighted by molar-refractivity contribution is 6.31. The van der Waals surface area contributed by atoms with Gasteiger partial charge in [0.15, 0.2) is 0 Å². The highest BCUT2D eigenvalue weighted by Gasteiger charge is 2.08. The molecule has 0 spiro atoms. The fourth-order valence-corrected chi connectivity index (χ4v) is 1.44. The summed E-state index contributed by atoms with van der Waals surface area (Å²) in [6.45, 7) is -0.813. The van der Waals surface area contributed by atoms with Gasteiger partial charge in [0.05, 0.1) is 24.3 Å². The lowest BCUT2D eigenvalue weighted by molar-refractivity contribution is -0.117. The number of carbonyl (C=O) groups is 1. The van der Waals surface area contributed by atoms with Crippen LogP contribution in [0.2, 0.25) is 5.02 Å². The normalized spacial score (nSPS) is 10.3. The van der Waals surface area contributed by atoms with Crippen LogP contribution < -0.4 is 5.32 Å². The lowest BCUT2D eigenvalue weighted by Crippen LogP contribution is -2.16. The third-order valence-corrected chi connectivity index (χ3v) is 2.33. The number of anilines is 1. The SMILES string of the molecule is N#Cc1ccc(Cl)cc1NC(=O)CCOCC(F)F. The zero-order valence-corrected chi connectivity index (χ0v) is 10.6. The van der Waals surface area contributed by atoms with Gasteiger partial charge >= 0.3 is 0 Å². The van der Waals surface area contributed by atoms with E-state index in [0.717, 1.165) is 0 Å². The van der Waals surface area contributed by atoms with Gasteiger partial charge in [0.1, 0.15) is 12.7 Å². The second kappa shape index (κ2) is 7.67. The van der Waals surface area contributed by atoms with E-state index in [1.165, 1.54) is 18.2 Å². The number of halogens is 3. The summed E-state index contributed by atoms with van der Waals surface area (Å²) in [5.41, 5.74) is 0.556. The average molecular weight is 289 g/mol. The monoisotopic (exact) mass is 288 g/mol. The van der Waals surface area contributed by atoms with Crippen LogP contribution in [-0.4, -0.2) is 25.5 Å². The van der Waals surface area contributed by atoms with Crippen molar-refractivity contribution in [3.63, 3.8) is 0 Å². The molecule has 1 amide bonds. The highest BCUT2D eigenvalue weighted by Crippen LogP contribution is 2.20. The van der Waals surface area contributed by atoms with Crippen LogP contribution in [0, 0.1) is 11.3 Å². The molecular weight excluding hydrogens is 278 g/mol. The van der Waals surface area contributed by atoms with Gasteiger partial charge in [0, 0.05) is 5.02 Å². The molecule has 1 aromatic carbocycles. The Labute approximate surface area is 113 Å². The zero-order valence-electron chi connectivity index (χ0n) is 9.83. The Kier molecular flexibility index (Phi) is 6.19. The van der Waals surface area contributed by atoms with Crippen molar-refractivity contribution >= 4 is 23.2 Å². The van der Waals surface area contributed by atoms with Crippen LogP contribution in [0.3, 0.4) is 0 Å². The summed E-state index contributed by atoms with van der Waals surface area (Å²) in [6.07, 6.45) is -2.63. The number of hydrogen-bond acceptors (Lipinski definition) is 3. The molecule has 0 aliphatic carbocycles. The van der Waals surface area contributed by atoms with Gasteiger partial charge in [-0.3, -0.25) is 4.79 Å². The van der Waals surface area contributed by atoms with E-state index in [0.29, 0.717) is 5.02 Å². The minimum Gasteiger partial charge on any atom is -0.375 e. The van der Waals surface area contributed by atoms with E-state index in [4.69, 9.17) is 16.9 Å². The first-order valence-corrected chi connectivity index (χ1v) is 5.76. The van der Waals surface area contributed by atoms with Gasteiger partial charge in [-0.2, -0.15) is 5.26 Å². The second-order valence-corrected chi connectivity index (χ2v) is 4.00. The Morgan fingerprint density at radius 3 is 2.89 bits per heavy atom. The molecule has 0 aromatic heterocycles. The number of rotatable bonds is 6. The first kappa shape index (κ1) is 15.3. The predicted octanol–water partition coefficient (Wildman–Crippen LogP) is 2.82. The van der Waals surface area contributed by atoms with Crippen LogP contribution in [0.15, 0.2) is 18.2 Å². The van der Waals surface area contributed by atoms with Gasteiger partial charge in [-0.15, -0.1) is 0 Å². The van der Waals surface area contributed by atoms with E-state index in [-0.39, 0.29) is 24.3 Å². The van der Waals surface area contributed by atoms with E-state index in [2.05, 4.69) is 10.1 Å². The van der Waals surface area contributed by atoms with Crippen molar-refractivity contribution in [2.45, 2.75) is 12.8 Å². The maximum atomic E-state index is 11.8. The molecule has 102 valence electrons. The summed E-state index contributed by atoms with van der Waals surface area (Å²) >= 11 is 5.75. The van der Waals surface area contributed by atoms with Crippen LogP contribution in [0.25, 0.3) is 0 Å². The molecule has 0 heterocycles. The second-order valence-electron chi connectivity index (χ2n) is 3.57. The Hall–Kier alpha value is -1.71. The van der Waals surface area contributed by atoms with E-state index < -0.39 is 18.9 Å². The number of amides is 1. The quantitative estimate of drug-likeness (QED) is 0.819. The summed E-state index contributed by atoms with van der Waals surface area (Å²) in [7, 11) is 0. The van der Waals surface area contributed by atoms with Crippen molar-refractivity contribution < 1.29 is 18.3 Å². The molecule has 0 saturated carbocycles. The van der Waals surface area contributed by atoms with Crippen LogP contribution in [-0.2, 0) is 9.53 Å². The van der Waals surface area contributed by atoms with Crippen molar-refractivity contribution in [1.82, 2.24) is 0 Å². The van der Waals surface area contributed by atoms with Crippen molar-refractivity contribution in [1.29, 1.82) is 5.26 Å². The van der Waals surface area contributed by atoms with E-state index in [1.54, 1.807) is 0 Å². The van der Waals surface area contributed by atoms with Gasteiger partial charge < -0.3 is 10.1 Å².